The number of hydrogen-bond donors (Lipinski definition) is 0. The quantitative estimate of drug-likeness (QED) is 0.443. The van der Waals surface area contributed by atoms with Gasteiger partial charge in [0.1, 0.15) is 6.61 Å². The zero-order valence-electron chi connectivity index (χ0n) is 18.9. The molecule has 1 saturated heterocycles. The van der Waals surface area contributed by atoms with E-state index in [0.29, 0.717) is 6.61 Å². The van der Waals surface area contributed by atoms with Gasteiger partial charge in [0.25, 0.3) is 0 Å². The summed E-state index contributed by atoms with van der Waals surface area (Å²) in [6, 6.07) is 15.0. The Morgan fingerprint density at radius 3 is 1.87 bits per heavy atom. The van der Waals surface area contributed by atoms with Crippen LogP contribution in [0, 0.1) is 10.1 Å². The average molecular weight is 428 g/mol. The molecular weight excluding hydrogens is 394 g/mol. The van der Waals surface area contributed by atoms with E-state index in [9.17, 15) is 10.1 Å². The molecule has 0 aliphatic carbocycles. The molecule has 7 nitrogen and oxygen atoms in total. The fourth-order valence-electron chi connectivity index (χ4n) is 3.92. The van der Waals surface area contributed by atoms with Crippen molar-refractivity contribution in [2.24, 2.45) is 0 Å². The van der Waals surface area contributed by atoms with Crippen LogP contribution in [0.3, 0.4) is 0 Å². The number of benzene rings is 2. The van der Waals surface area contributed by atoms with Crippen LogP contribution in [0.25, 0.3) is 0 Å². The van der Waals surface area contributed by atoms with Crippen molar-refractivity contribution in [2.75, 3.05) is 51.2 Å². The Labute approximate surface area is 184 Å². The van der Waals surface area contributed by atoms with Crippen molar-refractivity contribution < 1.29 is 14.4 Å². The van der Waals surface area contributed by atoms with E-state index >= 15 is 0 Å². The van der Waals surface area contributed by atoms with Crippen LogP contribution >= 0.6 is 0 Å². The summed E-state index contributed by atoms with van der Waals surface area (Å²) in [5.74, 6) is -0.425. The molecule has 0 saturated carbocycles. The van der Waals surface area contributed by atoms with Gasteiger partial charge in [0.15, 0.2) is 6.29 Å². The molecule has 0 bridgehead atoms. The average Bonchev–Trinajstić information content (AvgIpc) is 2.77. The second-order valence-corrected chi connectivity index (χ2v) is 8.43. The van der Waals surface area contributed by atoms with Gasteiger partial charge in [-0.25, -0.2) is 0 Å². The third-order valence-corrected chi connectivity index (χ3v) is 5.78. The molecule has 31 heavy (non-hydrogen) atoms. The summed E-state index contributed by atoms with van der Waals surface area (Å²) in [7, 11) is 7.91. The summed E-state index contributed by atoms with van der Waals surface area (Å²) in [5, 5.41) is 12.2. The minimum atomic E-state index is -0.916. The molecule has 2 atom stereocenters. The standard InChI is InChI=1S/C24H33N3O4/c1-25(2)20-12-8-18(9-13-20)24(19-10-14-21(15-11-19)26(3)4)22(27(28)29)17-31-23-7-5-6-16-30-23/h8-15,22-24H,5-7,16-17H2,1-4H3. The maximum absolute atomic E-state index is 12.2. The molecule has 0 radical (unpaired) electrons. The molecule has 2 unspecified atom stereocenters. The van der Waals surface area contributed by atoms with Crippen LogP contribution < -0.4 is 9.80 Å². The maximum Gasteiger partial charge on any atom is 0.246 e. The Morgan fingerprint density at radius 1 is 0.968 bits per heavy atom. The SMILES string of the molecule is CN(C)c1ccc(C(c2ccc(N(C)C)cc2)C(COC2CCCCO2)[N+](=O)[O-])cc1. The highest BCUT2D eigenvalue weighted by atomic mass is 16.7. The monoisotopic (exact) mass is 427 g/mol. The summed E-state index contributed by atoms with van der Waals surface area (Å²) >= 11 is 0. The van der Waals surface area contributed by atoms with E-state index in [4.69, 9.17) is 9.47 Å². The van der Waals surface area contributed by atoms with E-state index in [1.165, 1.54) is 0 Å². The number of hydrogen-bond acceptors (Lipinski definition) is 6. The molecular formula is C24H33N3O4. The van der Waals surface area contributed by atoms with Crippen molar-refractivity contribution in [3.8, 4) is 0 Å². The van der Waals surface area contributed by atoms with Crippen LogP contribution in [0.15, 0.2) is 48.5 Å². The van der Waals surface area contributed by atoms with Crippen molar-refractivity contribution >= 4 is 11.4 Å². The molecule has 0 spiro atoms. The fraction of sp³-hybridized carbons (Fsp3) is 0.500. The van der Waals surface area contributed by atoms with E-state index in [2.05, 4.69) is 0 Å². The van der Waals surface area contributed by atoms with Crippen molar-refractivity contribution in [3.05, 3.63) is 69.8 Å². The zero-order chi connectivity index (χ0) is 22.4. The predicted octanol–water partition coefficient (Wildman–Crippen LogP) is 4.14. The summed E-state index contributed by atoms with van der Waals surface area (Å²) < 4.78 is 11.5. The second-order valence-electron chi connectivity index (χ2n) is 8.43. The van der Waals surface area contributed by atoms with Crippen molar-refractivity contribution in [3.63, 3.8) is 0 Å². The van der Waals surface area contributed by atoms with Crippen LogP contribution in [0.1, 0.15) is 36.3 Å². The van der Waals surface area contributed by atoms with E-state index < -0.39 is 12.0 Å². The molecule has 1 heterocycles. The van der Waals surface area contributed by atoms with Gasteiger partial charge in [-0.3, -0.25) is 10.1 Å². The van der Waals surface area contributed by atoms with E-state index in [1.54, 1.807) is 0 Å². The smallest absolute Gasteiger partial charge is 0.246 e. The van der Waals surface area contributed by atoms with Gasteiger partial charge in [0.2, 0.25) is 6.04 Å². The number of rotatable bonds is 9. The molecule has 1 fully saturated rings. The van der Waals surface area contributed by atoms with Gasteiger partial charge in [-0.1, -0.05) is 24.3 Å². The Hall–Kier alpha value is -2.64. The second kappa shape index (κ2) is 10.6. The van der Waals surface area contributed by atoms with Crippen LogP contribution in [0.4, 0.5) is 11.4 Å². The largest absolute Gasteiger partial charge is 0.378 e. The topological polar surface area (TPSA) is 68.1 Å². The zero-order valence-corrected chi connectivity index (χ0v) is 18.9. The third kappa shape index (κ3) is 5.95. The summed E-state index contributed by atoms with van der Waals surface area (Å²) in [4.78, 5) is 16.0. The first kappa shape index (κ1) is 23.0. The first-order valence-corrected chi connectivity index (χ1v) is 10.8. The molecule has 2 aromatic carbocycles. The van der Waals surface area contributed by atoms with Crippen LogP contribution in [-0.4, -0.2) is 58.7 Å². The Balaban J connectivity index is 1.92. The third-order valence-electron chi connectivity index (χ3n) is 5.78. The molecule has 168 valence electrons. The summed E-state index contributed by atoms with van der Waals surface area (Å²) in [5.41, 5.74) is 3.90. The predicted molar refractivity (Wildman–Crippen MR) is 124 cm³/mol. The van der Waals surface area contributed by atoms with Crippen LogP contribution in [0.5, 0.6) is 0 Å². The molecule has 0 amide bonds. The van der Waals surface area contributed by atoms with Crippen molar-refractivity contribution in [1.29, 1.82) is 0 Å². The van der Waals surface area contributed by atoms with Crippen LogP contribution in [-0.2, 0) is 9.47 Å². The minimum Gasteiger partial charge on any atom is -0.378 e. The van der Waals surface area contributed by atoms with Gasteiger partial charge in [-0.2, -0.15) is 0 Å². The summed E-state index contributed by atoms with van der Waals surface area (Å²) in [6.45, 7) is 0.655. The first-order valence-electron chi connectivity index (χ1n) is 10.8. The van der Waals surface area contributed by atoms with Crippen molar-refractivity contribution in [2.45, 2.75) is 37.5 Å². The molecule has 0 N–H and O–H groups in total. The highest BCUT2D eigenvalue weighted by molar-refractivity contribution is 5.50. The van der Waals surface area contributed by atoms with E-state index in [0.717, 1.165) is 41.8 Å². The number of ether oxygens (including phenoxy) is 2. The highest BCUT2D eigenvalue weighted by Gasteiger charge is 2.35. The van der Waals surface area contributed by atoms with Crippen LogP contribution in [0.2, 0.25) is 0 Å². The number of anilines is 2. The molecule has 2 aromatic rings. The van der Waals surface area contributed by atoms with Gasteiger partial charge in [-0.05, 0) is 54.7 Å². The molecule has 7 heteroatoms. The Kier molecular flexibility index (Phi) is 7.87. The lowest BCUT2D eigenvalue weighted by atomic mass is 9.85. The van der Waals surface area contributed by atoms with Gasteiger partial charge in [-0.15, -0.1) is 0 Å². The lowest BCUT2D eigenvalue weighted by Crippen LogP contribution is -2.36. The van der Waals surface area contributed by atoms with Gasteiger partial charge >= 0.3 is 0 Å². The first-order chi connectivity index (χ1) is 14.9. The Morgan fingerprint density at radius 2 is 1.48 bits per heavy atom. The highest BCUT2D eigenvalue weighted by Crippen LogP contribution is 2.32. The molecule has 1 aliphatic heterocycles. The molecule has 1 aliphatic rings. The van der Waals surface area contributed by atoms with E-state index in [1.807, 2.05) is 86.5 Å². The summed E-state index contributed by atoms with van der Waals surface area (Å²) in [6.07, 6.45) is 2.46. The maximum atomic E-state index is 12.2. The molecule has 0 aromatic heterocycles. The molecule has 3 rings (SSSR count). The van der Waals surface area contributed by atoms with Gasteiger partial charge in [0.05, 0.1) is 5.92 Å². The van der Waals surface area contributed by atoms with Crippen molar-refractivity contribution in [1.82, 2.24) is 0 Å². The van der Waals surface area contributed by atoms with Gasteiger partial charge < -0.3 is 19.3 Å². The number of nitrogens with zero attached hydrogens (tertiary/aromatic N) is 3. The fourth-order valence-corrected chi connectivity index (χ4v) is 3.92. The lowest BCUT2D eigenvalue weighted by molar-refractivity contribution is -0.531. The van der Waals surface area contributed by atoms with E-state index in [-0.39, 0.29) is 17.8 Å². The normalized spacial score (nSPS) is 17.4. The minimum absolute atomic E-state index is 0.00714. The lowest BCUT2D eigenvalue weighted by Gasteiger charge is -2.27. The number of nitro groups is 1. The Bertz CT molecular complexity index is 779. The van der Waals surface area contributed by atoms with Gasteiger partial charge in [0, 0.05) is 51.1 Å².